The van der Waals surface area contributed by atoms with E-state index in [2.05, 4.69) is 15.2 Å². The first kappa shape index (κ1) is 17.2. The van der Waals surface area contributed by atoms with Crippen molar-refractivity contribution in [1.29, 1.82) is 0 Å². The van der Waals surface area contributed by atoms with Gasteiger partial charge in [0.2, 0.25) is 0 Å². The molecule has 0 aliphatic carbocycles. The number of hydrogen-bond acceptors (Lipinski definition) is 6. The third-order valence-electron chi connectivity index (χ3n) is 3.67. The van der Waals surface area contributed by atoms with Crippen molar-refractivity contribution in [2.75, 3.05) is 12.9 Å². The highest BCUT2D eigenvalue weighted by atomic mass is 32.2. The lowest BCUT2D eigenvalue weighted by atomic mass is 10.1. The third kappa shape index (κ3) is 3.88. The molecule has 0 amide bonds. The van der Waals surface area contributed by atoms with Crippen LogP contribution in [0.5, 0.6) is 5.75 Å². The molecule has 7 heteroatoms. The second-order valence-electron chi connectivity index (χ2n) is 5.21. The number of carbonyl (C=O) groups is 1. The fourth-order valence-electron chi connectivity index (χ4n) is 2.36. The molecule has 0 saturated carbocycles. The van der Waals surface area contributed by atoms with Crippen LogP contribution >= 0.6 is 11.8 Å². The Bertz CT molecular complexity index is 847. The van der Waals surface area contributed by atoms with Gasteiger partial charge in [0, 0.05) is 18.3 Å². The molecule has 25 heavy (non-hydrogen) atoms. The maximum atomic E-state index is 12.4. The Labute approximate surface area is 150 Å². The number of methoxy groups -OCH3 is 1. The van der Waals surface area contributed by atoms with Crippen molar-refractivity contribution in [3.8, 4) is 17.3 Å². The van der Waals surface area contributed by atoms with Crippen LogP contribution in [0.25, 0.3) is 11.5 Å². The van der Waals surface area contributed by atoms with Crippen molar-refractivity contribution in [1.82, 2.24) is 19.7 Å². The van der Waals surface area contributed by atoms with Crippen molar-refractivity contribution in [3.05, 3.63) is 54.2 Å². The van der Waals surface area contributed by atoms with Gasteiger partial charge in [-0.05, 0) is 43.3 Å². The van der Waals surface area contributed by atoms with E-state index in [-0.39, 0.29) is 5.78 Å². The summed E-state index contributed by atoms with van der Waals surface area (Å²) in [6, 6.07) is 12.8. The molecule has 0 spiro atoms. The molecule has 3 aromatic rings. The fraction of sp³-hybridized carbons (Fsp3) is 0.222. The number of hydrogen-bond donors (Lipinski definition) is 0. The highest BCUT2D eigenvalue weighted by Gasteiger charge is 2.15. The van der Waals surface area contributed by atoms with E-state index in [1.807, 2.05) is 29.7 Å². The maximum Gasteiger partial charge on any atom is 0.191 e. The summed E-state index contributed by atoms with van der Waals surface area (Å²) in [4.78, 5) is 16.7. The number of benzene rings is 1. The Morgan fingerprint density at radius 2 is 1.96 bits per heavy atom. The van der Waals surface area contributed by atoms with Crippen molar-refractivity contribution < 1.29 is 9.53 Å². The van der Waals surface area contributed by atoms with Crippen LogP contribution in [-0.4, -0.2) is 38.4 Å². The van der Waals surface area contributed by atoms with Crippen molar-refractivity contribution in [2.45, 2.75) is 18.6 Å². The zero-order chi connectivity index (χ0) is 17.6. The molecular weight excluding hydrogens is 336 g/mol. The van der Waals surface area contributed by atoms with E-state index in [0.717, 1.165) is 11.4 Å². The molecule has 0 N–H and O–H groups in total. The zero-order valence-electron chi connectivity index (χ0n) is 14.0. The average molecular weight is 354 g/mol. The third-order valence-corrected chi connectivity index (χ3v) is 4.64. The lowest BCUT2D eigenvalue weighted by Crippen LogP contribution is -2.05. The molecule has 0 aliphatic heterocycles. The summed E-state index contributed by atoms with van der Waals surface area (Å²) in [5, 5.41) is 9.17. The summed E-state index contributed by atoms with van der Waals surface area (Å²) in [5.41, 5.74) is 1.42. The maximum absolute atomic E-state index is 12.4. The predicted molar refractivity (Wildman–Crippen MR) is 97.0 cm³/mol. The van der Waals surface area contributed by atoms with Crippen molar-refractivity contribution >= 4 is 17.5 Å². The van der Waals surface area contributed by atoms with Crippen molar-refractivity contribution in [2.24, 2.45) is 0 Å². The quantitative estimate of drug-likeness (QED) is 0.479. The van der Waals surface area contributed by atoms with Crippen LogP contribution in [0.3, 0.4) is 0 Å². The minimum atomic E-state index is 0.0395. The van der Waals surface area contributed by atoms with Gasteiger partial charge in [-0.2, -0.15) is 0 Å². The predicted octanol–water partition coefficient (Wildman–Crippen LogP) is 3.34. The zero-order valence-corrected chi connectivity index (χ0v) is 14.9. The number of nitrogens with zero attached hydrogens (tertiary/aromatic N) is 4. The van der Waals surface area contributed by atoms with E-state index in [1.54, 1.807) is 37.6 Å². The normalized spacial score (nSPS) is 10.6. The van der Waals surface area contributed by atoms with Gasteiger partial charge < -0.3 is 9.30 Å². The van der Waals surface area contributed by atoms with Gasteiger partial charge in [0.1, 0.15) is 11.4 Å². The molecule has 0 atom stereocenters. The first-order valence-electron chi connectivity index (χ1n) is 7.87. The van der Waals surface area contributed by atoms with E-state index in [0.29, 0.717) is 28.8 Å². The van der Waals surface area contributed by atoms with Gasteiger partial charge in [-0.25, -0.2) is 0 Å². The van der Waals surface area contributed by atoms with E-state index in [1.165, 1.54) is 11.8 Å². The van der Waals surface area contributed by atoms with Crippen LogP contribution in [0, 0.1) is 0 Å². The van der Waals surface area contributed by atoms with Crippen LogP contribution in [0.2, 0.25) is 0 Å². The fourth-order valence-corrected chi connectivity index (χ4v) is 3.25. The minimum Gasteiger partial charge on any atom is -0.497 e. The second-order valence-corrected chi connectivity index (χ2v) is 6.15. The summed E-state index contributed by atoms with van der Waals surface area (Å²) >= 11 is 1.38. The monoisotopic (exact) mass is 354 g/mol. The molecular formula is C18H18N4O2S. The van der Waals surface area contributed by atoms with E-state index in [4.69, 9.17) is 4.74 Å². The van der Waals surface area contributed by atoms with Crippen LogP contribution in [0.1, 0.15) is 17.3 Å². The topological polar surface area (TPSA) is 69.9 Å². The lowest BCUT2D eigenvalue weighted by Gasteiger charge is -2.07. The number of thioether (sulfide) groups is 1. The lowest BCUT2D eigenvalue weighted by molar-refractivity contribution is 0.102. The minimum absolute atomic E-state index is 0.0395. The SMILES string of the molecule is CCn1c(SCC(=O)c2ccc(OC)cc2)nnc1-c1ccccn1. The number of ketones is 1. The van der Waals surface area contributed by atoms with Gasteiger partial charge in [-0.3, -0.25) is 9.78 Å². The molecule has 0 fully saturated rings. The van der Waals surface area contributed by atoms with E-state index >= 15 is 0 Å². The standard InChI is InChI=1S/C18H18N4O2S/c1-3-22-17(15-6-4-5-11-19-15)20-21-18(22)25-12-16(23)13-7-9-14(24-2)10-8-13/h4-11H,3,12H2,1-2H3. The Kier molecular flexibility index (Phi) is 5.45. The van der Waals surface area contributed by atoms with Crippen LogP contribution in [0.4, 0.5) is 0 Å². The molecule has 2 heterocycles. The number of aromatic nitrogens is 4. The first-order chi connectivity index (χ1) is 12.2. The number of rotatable bonds is 7. The summed E-state index contributed by atoms with van der Waals surface area (Å²) in [6.07, 6.45) is 1.73. The largest absolute Gasteiger partial charge is 0.497 e. The Morgan fingerprint density at radius 1 is 1.16 bits per heavy atom. The number of ether oxygens (including phenoxy) is 1. The molecule has 0 radical (unpaired) electrons. The number of Topliss-reactive ketones (excluding diaryl/α,β-unsaturated/α-hetero) is 1. The molecule has 2 aromatic heterocycles. The van der Waals surface area contributed by atoms with Crippen LogP contribution in [0.15, 0.2) is 53.8 Å². The molecule has 0 unspecified atom stereocenters. The smallest absolute Gasteiger partial charge is 0.191 e. The van der Waals surface area contributed by atoms with Crippen LogP contribution in [-0.2, 0) is 6.54 Å². The molecule has 1 aromatic carbocycles. The molecule has 3 rings (SSSR count). The van der Waals surface area contributed by atoms with E-state index in [9.17, 15) is 4.79 Å². The molecule has 0 saturated heterocycles. The Morgan fingerprint density at radius 3 is 2.60 bits per heavy atom. The van der Waals surface area contributed by atoms with Gasteiger partial charge in [0.15, 0.2) is 16.8 Å². The second kappa shape index (κ2) is 7.94. The Hall–Kier alpha value is -2.67. The van der Waals surface area contributed by atoms with E-state index < -0.39 is 0 Å². The highest BCUT2D eigenvalue weighted by Crippen LogP contribution is 2.23. The summed E-state index contributed by atoms with van der Waals surface area (Å²) < 4.78 is 7.08. The average Bonchev–Trinajstić information content (AvgIpc) is 3.09. The van der Waals surface area contributed by atoms with Gasteiger partial charge in [-0.15, -0.1) is 10.2 Å². The highest BCUT2D eigenvalue weighted by molar-refractivity contribution is 7.99. The summed E-state index contributed by atoms with van der Waals surface area (Å²) in [7, 11) is 1.60. The molecule has 128 valence electrons. The van der Waals surface area contributed by atoms with Gasteiger partial charge in [0.05, 0.1) is 12.9 Å². The summed E-state index contributed by atoms with van der Waals surface area (Å²) in [5.74, 6) is 1.78. The van der Waals surface area contributed by atoms with Gasteiger partial charge >= 0.3 is 0 Å². The Balaban J connectivity index is 1.72. The van der Waals surface area contributed by atoms with Crippen molar-refractivity contribution in [3.63, 3.8) is 0 Å². The number of pyridine rings is 1. The molecule has 6 nitrogen and oxygen atoms in total. The van der Waals surface area contributed by atoms with Gasteiger partial charge in [0.25, 0.3) is 0 Å². The van der Waals surface area contributed by atoms with Gasteiger partial charge in [-0.1, -0.05) is 17.8 Å². The van der Waals surface area contributed by atoms with Crippen LogP contribution < -0.4 is 4.74 Å². The summed E-state index contributed by atoms with van der Waals surface area (Å²) in [6.45, 7) is 2.73. The number of carbonyl (C=O) groups excluding carboxylic acids is 1. The molecule has 0 aliphatic rings. The molecule has 0 bridgehead atoms. The first-order valence-corrected chi connectivity index (χ1v) is 8.86.